The van der Waals surface area contributed by atoms with Gasteiger partial charge in [0.1, 0.15) is 12.7 Å². The van der Waals surface area contributed by atoms with Gasteiger partial charge in [-0.2, -0.15) is 0 Å². The first kappa shape index (κ1) is 14.2. The minimum Gasteiger partial charge on any atom is -0.450 e. The molecule has 1 aromatic carbocycles. The Balaban J connectivity index is 1.73. The minimum atomic E-state index is -1.27. The summed E-state index contributed by atoms with van der Waals surface area (Å²) in [4.78, 5) is 23.8. The number of carbonyl (C=O) groups excluding carboxylic acids is 1. The number of carboxylic acid groups (broad SMARTS) is 1. The first-order valence-electron chi connectivity index (χ1n) is 6.50. The third-order valence-electron chi connectivity index (χ3n) is 3.17. The van der Waals surface area contributed by atoms with E-state index >= 15 is 0 Å². The second kappa shape index (κ2) is 6.79. The molecule has 0 aromatic heterocycles. The molecule has 20 heavy (non-hydrogen) atoms. The van der Waals surface area contributed by atoms with Crippen LogP contribution in [0.15, 0.2) is 30.3 Å². The lowest BCUT2D eigenvalue weighted by molar-refractivity contribution is 0.0168. The van der Waals surface area contributed by atoms with Crippen molar-refractivity contribution < 1.29 is 24.2 Å². The zero-order valence-corrected chi connectivity index (χ0v) is 11.0. The molecule has 1 aliphatic heterocycles. The second-order valence-corrected chi connectivity index (χ2v) is 4.61. The molecular formula is C14H17NO5. The second-order valence-electron chi connectivity index (χ2n) is 4.61. The Bertz CT molecular complexity index is 454. The van der Waals surface area contributed by atoms with Gasteiger partial charge in [-0.05, 0) is 5.56 Å². The van der Waals surface area contributed by atoms with Gasteiger partial charge in [-0.25, -0.2) is 9.59 Å². The smallest absolute Gasteiger partial charge is 0.450 e. The van der Waals surface area contributed by atoms with E-state index in [-0.39, 0.29) is 18.8 Å². The van der Waals surface area contributed by atoms with Crippen molar-refractivity contribution in [2.75, 3.05) is 13.1 Å². The van der Waals surface area contributed by atoms with Crippen LogP contribution < -0.4 is 0 Å². The molecule has 1 heterocycles. The van der Waals surface area contributed by atoms with Crippen LogP contribution in [0.3, 0.4) is 0 Å². The van der Waals surface area contributed by atoms with E-state index in [1.165, 1.54) is 0 Å². The van der Waals surface area contributed by atoms with Crippen LogP contribution in [0.2, 0.25) is 0 Å². The number of likely N-dealkylation sites (tertiary alicyclic amines) is 1. The van der Waals surface area contributed by atoms with Gasteiger partial charge in [0.2, 0.25) is 0 Å². The summed E-state index contributed by atoms with van der Waals surface area (Å²) >= 11 is 0. The van der Waals surface area contributed by atoms with Crippen LogP contribution in [0, 0.1) is 0 Å². The maximum absolute atomic E-state index is 11.8. The standard InChI is InChI=1S/C14H17NO5/c16-13(19-10-11-4-2-1-3-5-11)15-8-6-12(7-9-15)20-14(17)18/h1-5,12H,6-10H2,(H,17,18). The van der Waals surface area contributed by atoms with E-state index in [0.717, 1.165) is 5.56 Å². The van der Waals surface area contributed by atoms with Gasteiger partial charge in [-0.1, -0.05) is 30.3 Å². The van der Waals surface area contributed by atoms with Gasteiger partial charge in [-0.3, -0.25) is 0 Å². The Labute approximate surface area is 116 Å². The molecule has 1 saturated heterocycles. The van der Waals surface area contributed by atoms with Crippen molar-refractivity contribution in [2.24, 2.45) is 0 Å². The summed E-state index contributed by atoms with van der Waals surface area (Å²) in [5.74, 6) is 0. The number of rotatable bonds is 3. The Morgan fingerprint density at radius 3 is 2.45 bits per heavy atom. The molecule has 1 fully saturated rings. The Kier molecular flexibility index (Phi) is 4.81. The molecule has 1 aliphatic rings. The summed E-state index contributed by atoms with van der Waals surface area (Å²) < 4.78 is 9.90. The highest BCUT2D eigenvalue weighted by atomic mass is 16.7. The van der Waals surface area contributed by atoms with Crippen LogP contribution in [-0.4, -0.2) is 41.4 Å². The van der Waals surface area contributed by atoms with Crippen LogP contribution in [0.5, 0.6) is 0 Å². The largest absolute Gasteiger partial charge is 0.506 e. The van der Waals surface area contributed by atoms with Gasteiger partial charge < -0.3 is 19.5 Å². The Morgan fingerprint density at radius 2 is 1.85 bits per heavy atom. The average molecular weight is 279 g/mol. The van der Waals surface area contributed by atoms with E-state index in [2.05, 4.69) is 4.74 Å². The molecule has 0 atom stereocenters. The summed E-state index contributed by atoms with van der Waals surface area (Å²) in [5, 5.41) is 8.52. The Morgan fingerprint density at radius 1 is 1.20 bits per heavy atom. The molecule has 1 amide bonds. The van der Waals surface area contributed by atoms with Crippen molar-refractivity contribution >= 4 is 12.2 Å². The molecule has 0 bridgehead atoms. The molecule has 1 N–H and O–H groups in total. The molecule has 1 aromatic rings. The van der Waals surface area contributed by atoms with Crippen molar-refractivity contribution in [1.82, 2.24) is 4.90 Å². The lowest BCUT2D eigenvalue weighted by atomic mass is 10.1. The van der Waals surface area contributed by atoms with Crippen LogP contribution in [-0.2, 0) is 16.1 Å². The van der Waals surface area contributed by atoms with Gasteiger partial charge in [0, 0.05) is 25.9 Å². The van der Waals surface area contributed by atoms with Crippen LogP contribution in [0.25, 0.3) is 0 Å². The molecule has 0 saturated carbocycles. The van der Waals surface area contributed by atoms with Crippen LogP contribution >= 0.6 is 0 Å². The van der Waals surface area contributed by atoms with Crippen molar-refractivity contribution in [1.29, 1.82) is 0 Å². The van der Waals surface area contributed by atoms with Crippen molar-refractivity contribution in [3.63, 3.8) is 0 Å². The molecule has 108 valence electrons. The molecule has 0 spiro atoms. The lowest BCUT2D eigenvalue weighted by Crippen LogP contribution is -2.41. The number of nitrogens with zero attached hydrogens (tertiary/aromatic N) is 1. The fourth-order valence-electron chi connectivity index (χ4n) is 2.11. The topological polar surface area (TPSA) is 76.1 Å². The third-order valence-corrected chi connectivity index (χ3v) is 3.17. The first-order chi connectivity index (χ1) is 9.65. The van der Waals surface area contributed by atoms with Crippen LogP contribution in [0.1, 0.15) is 18.4 Å². The maximum atomic E-state index is 11.8. The van der Waals surface area contributed by atoms with E-state index in [4.69, 9.17) is 9.84 Å². The summed E-state index contributed by atoms with van der Waals surface area (Å²) in [7, 11) is 0. The molecular weight excluding hydrogens is 262 g/mol. The van der Waals surface area contributed by atoms with E-state index in [1.54, 1.807) is 4.90 Å². The zero-order valence-electron chi connectivity index (χ0n) is 11.0. The monoisotopic (exact) mass is 279 g/mol. The molecule has 0 aliphatic carbocycles. The zero-order chi connectivity index (χ0) is 14.4. The highest BCUT2D eigenvalue weighted by molar-refractivity contribution is 5.67. The van der Waals surface area contributed by atoms with Crippen molar-refractivity contribution in [2.45, 2.75) is 25.6 Å². The van der Waals surface area contributed by atoms with Crippen molar-refractivity contribution in [3.8, 4) is 0 Å². The highest BCUT2D eigenvalue weighted by Gasteiger charge is 2.25. The summed E-state index contributed by atoms with van der Waals surface area (Å²) in [6.45, 7) is 1.14. The van der Waals surface area contributed by atoms with Crippen LogP contribution in [0.4, 0.5) is 9.59 Å². The summed E-state index contributed by atoms with van der Waals surface area (Å²) in [5.41, 5.74) is 0.935. The van der Waals surface area contributed by atoms with E-state index in [1.807, 2.05) is 30.3 Å². The average Bonchev–Trinajstić information content (AvgIpc) is 2.46. The molecule has 6 nitrogen and oxygen atoms in total. The minimum absolute atomic E-state index is 0.241. The molecule has 6 heteroatoms. The van der Waals surface area contributed by atoms with Gasteiger partial charge >= 0.3 is 12.2 Å². The van der Waals surface area contributed by atoms with E-state index < -0.39 is 6.16 Å². The predicted molar refractivity (Wildman–Crippen MR) is 70.3 cm³/mol. The van der Waals surface area contributed by atoms with Crippen molar-refractivity contribution in [3.05, 3.63) is 35.9 Å². The van der Waals surface area contributed by atoms with Gasteiger partial charge in [0.15, 0.2) is 0 Å². The van der Waals surface area contributed by atoms with Gasteiger partial charge in [0.25, 0.3) is 0 Å². The third kappa shape index (κ3) is 4.15. The first-order valence-corrected chi connectivity index (χ1v) is 6.50. The fourth-order valence-corrected chi connectivity index (χ4v) is 2.11. The van der Waals surface area contributed by atoms with E-state index in [9.17, 15) is 9.59 Å². The maximum Gasteiger partial charge on any atom is 0.506 e. The lowest BCUT2D eigenvalue weighted by Gasteiger charge is -2.30. The normalized spacial score (nSPS) is 15.7. The molecule has 0 unspecified atom stereocenters. The number of amides is 1. The Hall–Kier alpha value is -2.24. The van der Waals surface area contributed by atoms with Gasteiger partial charge in [0.05, 0.1) is 0 Å². The predicted octanol–water partition coefficient (Wildman–Crippen LogP) is 2.48. The number of piperidine rings is 1. The number of ether oxygens (including phenoxy) is 2. The summed E-state index contributed by atoms with van der Waals surface area (Å²) in [6, 6.07) is 9.45. The summed E-state index contributed by atoms with van der Waals surface area (Å²) in [6.07, 6.45) is -0.956. The molecule has 2 rings (SSSR count). The van der Waals surface area contributed by atoms with E-state index in [0.29, 0.717) is 25.9 Å². The van der Waals surface area contributed by atoms with Gasteiger partial charge in [-0.15, -0.1) is 0 Å². The fraction of sp³-hybridized carbons (Fsp3) is 0.429. The number of carbonyl (C=O) groups is 2. The molecule has 0 radical (unpaired) electrons. The number of hydrogen-bond acceptors (Lipinski definition) is 4. The highest BCUT2D eigenvalue weighted by Crippen LogP contribution is 2.15. The number of hydrogen-bond donors (Lipinski definition) is 1. The number of benzene rings is 1. The quantitative estimate of drug-likeness (QED) is 0.860. The SMILES string of the molecule is O=C(O)OC1CCN(C(=O)OCc2ccccc2)CC1.